The Kier molecular flexibility index (Phi) is 8.90. The van der Waals surface area contributed by atoms with Crippen LogP contribution in [-0.4, -0.2) is 23.1 Å². The average molecular weight is 427 g/mol. The van der Waals surface area contributed by atoms with Crippen molar-refractivity contribution < 1.29 is 19.2 Å². The fourth-order valence-electron chi connectivity index (χ4n) is 5.56. The van der Waals surface area contributed by atoms with Gasteiger partial charge in [0.2, 0.25) is 0 Å². The van der Waals surface area contributed by atoms with E-state index in [1.807, 2.05) is 19.9 Å². The lowest BCUT2D eigenvalue weighted by atomic mass is 9.71. The highest BCUT2D eigenvalue weighted by molar-refractivity contribution is 6.05. The lowest BCUT2D eigenvalue weighted by Crippen LogP contribution is -2.30. The van der Waals surface area contributed by atoms with Crippen molar-refractivity contribution in [1.29, 1.82) is 0 Å². The van der Waals surface area contributed by atoms with Crippen LogP contribution in [0.25, 0.3) is 0 Å². The number of Topliss-reactive ketones (excluding diaryl/α,β-unsaturated/α-hetero) is 4. The maximum atomic E-state index is 13.2. The van der Waals surface area contributed by atoms with Gasteiger partial charge in [0.15, 0.2) is 11.6 Å². The lowest BCUT2D eigenvalue weighted by molar-refractivity contribution is -0.129. The van der Waals surface area contributed by atoms with E-state index >= 15 is 0 Å². The summed E-state index contributed by atoms with van der Waals surface area (Å²) in [7, 11) is 0. The quantitative estimate of drug-likeness (QED) is 0.327. The van der Waals surface area contributed by atoms with Gasteiger partial charge in [0.05, 0.1) is 6.42 Å². The van der Waals surface area contributed by atoms with Crippen molar-refractivity contribution in [3.8, 4) is 0 Å². The molecule has 0 aliphatic heterocycles. The lowest BCUT2D eigenvalue weighted by Gasteiger charge is -2.33. The third-order valence-corrected chi connectivity index (χ3v) is 6.93. The Labute approximate surface area is 187 Å². The summed E-state index contributed by atoms with van der Waals surface area (Å²) in [4.78, 5) is 49.5. The number of ketones is 4. The van der Waals surface area contributed by atoms with Crippen molar-refractivity contribution in [2.45, 2.75) is 92.9 Å². The number of hydrogen-bond donors (Lipinski definition) is 0. The first-order valence-electron chi connectivity index (χ1n) is 11.9. The van der Waals surface area contributed by atoms with Crippen molar-refractivity contribution in [3.63, 3.8) is 0 Å². The van der Waals surface area contributed by atoms with Crippen LogP contribution in [0.1, 0.15) is 111 Å². The van der Waals surface area contributed by atoms with Crippen molar-refractivity contribution in [3.05, 3.63) is 33.9 Å². The Morgan fingerprint density at radius 2 is 1.77 bits per heavy atom. The van der Waals surface area contributed by atoms with Crippen LogP contribution < -0.4 is 0 Å². The van der Waals surface area contributed by atoms with E-state index in [0.717, 1.165) is 60.8 Å². The van der Waals surface area contributed by atoms with Gasteiger partial charge in [-0.15, -0.1) is 0 Å². The summed E-state index contributed by atoms with van der Waals surface area (Å²) in [5.74, 6) is 0.375. The summed E-state index contributed by atoms with van der Waals surface area (Å²) in [5.41, 5.74) is 4.43. The molecule has 0 heterocycles. The van der Waals surface area contributed by atoms with E-state index in [1.165, 1.54) is 6.92 Å². The van der Waals surface area contributed by atoms with Crippen molar-refractivity contribution in [2.75, 3.05) is 0 Å². The van der Waals surface area contributed by atoms with Crippen LogP contribution in [0, 0.1) is 24.7 Å². The van der Waals surface area contributed by atoms with Crippen molar-refractivity contribution >= 4 is 23.1 Å². The second-order valence-electron chi connectivity index (χ2n) is 9.31. The number of carbonyl (C=O) groups is 4. The van der Waals surface area contributed by atoms with Gasteiger partial charge in [-0.05, 0) is 81.0 Å². The molecule has 3 atom stereocenters. The molecule has 0 N–H and O–H groups in total. The average Bonchev–Trinajstić information content (AvgIpc) is 2.67. The Balaban J connectivity index is 2.35. The standard InChI is InChI=1S/C27H38O4/c1-7-10-21(22(9-3)25(30)11-16(4)28)12-19-13-24-20(8-2)15-23(18(6)29)17(5)27(24)26(31)14-19/h15,19,21-22H,7-14H2,1-6H3. The van der Waals surface area contributed by atoms with Gasteiger partial charge < -0.3 is 0 Å². The molecule has 1 aliphatic carbocycles. The van der Waals surface area contributed by atoms with Crippen LogP contribution in [0.2, 0.25) is 0 Å². The summed E-state index contributed by atoms with van der Waals surface area (Å²) in [6, 6.07) is 1.97. The molecule has 2 rings (SSSR count). The summed E-state index contributed by atoms with van der Waals surface area (Å²) < 4.78 is 0. The molecule has 0 radical (unpaired) electrons. The fourth-order valence-corrected chi connectivity index (χ4v) is 5.56. The highest BCUT2D eigenvalue weighted by Gasteiger charge is 2.34. The Bertz CT molecular complexity index is 864. The molecule has 1 aliphatic rings. The van der Waals surface area contributed by atoms with Crippen LogP contribution in [-0.2, 0) is 22.4 Å². The number of fused-ring (bicyclic) bond motifs is 1. The van der Waals surface area contributed by atoms with Gasteiger partial charge in [0.1, 0.15) is 11.6 Å². The minimum atomic E-state index is -0.118. The smallest absolute Gasteiger partial charge is 0.163 e. The van der Waals surface area contributed by atoms with E-state index < -0.39 is 0 Å². The maximum Gasteiger partial charge on any atom is 0.163 e. The number of aryl methyl sites for hydroxylation is 1. The van der Waals surface area contributed by atoms with Gasteiger partial charge in [-0.1, -0.05) is 33.6 Å². The monoisotopic (exact) mass is 426 g/mol. The van der Waals surface area contributed by atoms with Crippen LogP contribution >= 0.6 is 0 Å². The molecule has 170 valence electrons. The van der Waals surface area contributed by atoms with Gasteiger partial charge in [-0.25, -0.2) is 0 Å². The predicted octanol–water partition coefficient (Wildman–Crippen LogP) is 5.89. The predicted molar refractivity (Wildman–Crippen MR) is 124 cm³/mol. The SMILES string of the molecule is CCCC(CC1CC(=O)c2c(C)c(C(C)=O)cc(CC)c2C1)C(CC)C(=O)CC(C)=O. The first-order valence-corrected chi connectivity index (χ1v) is 11.9. The highest BCUT2D eigenvalue weighted by Crippen LogP contribution is 2.38. The maximum absolute atomic E-state index is 13.2. The first kappa shape index (κ1) is 25.2. The van der Waals surface area contributed by atoms with E-state index in [4.69, 9.17) is 0 Å². The molecule has 4 nitrogen and oxygen atoms in total. The van der Waals surface area contributed by atoms with Crippen LogP contribution in [0.3, 0.4) is 0 Å². The van der Waals surface area contributed by atoms with Crippen molar-refractivity contribution in [2.24, 2.45) is 17.8 Å². The summed E-state index contributed by atoms with van der Waals surface area (Å²) in [6.07, 6.45) is 5.56. The van der Waals surface area contributed by atoms with Crippen molar-refractivity contribution in [1.82, 2.24) is 0 Å². The van der Waals surface area contributed by atoms with E-state index in [9.17, 15) is 19.2 Å². The Morgan fingerprint density at radius 1 is 1.10 bits per heavy atom. The molecule has 0 amide bonds. The van der Waals surface area contributed by atoms with E-state index in [-0.39, 0.29) is 47.3 Å². The van der Waals surface area contributed by atoms with Gasteiger partial charge in [-0.3, -0.25) is 19.2 Å². The zero-order chi connectivity index (χ0) is 23.3. The second kappa shape index (κ2) is 11.0. The topological polar surface area (TPSA) is 68.3 Å². The zero-order valence-corrected chi connectivity index (χ0v) is 20.1. The normalized spacial score (nSPS) is 17.7. The molecule has 0 saturated carbocycles. The van der Waals surface area contributed by atoms with Gasteiger partial charge in [0.25, 0.3) is 0 Å². The largest absolute Gasteiger partial charge is 0.300 e. The van der Waals surface area contributed by atoms with E-state index in [1.54, 1.807) is 6.92 Å². The molecule has 3 unspecified atom stereocenters. The molecular weight excluding hydrogens is 388 g/mol. The molecule has 0 bridgehead atoms. The Morgan fingerprint density at radius 3 is 2.29 bits per heavy atom. The minimum absolute atomic E-state index is 0.00250. The van der Waals surface area contributed by atoms with Crippen LogP contribution in [0.15, 0.2) is 6.07 Å². The summed E-state index contributed by atoms with van der Waals surface area (Å²) >= 11 is 0. The third-order valence-electron chi connectivity index (χ3n) is 6.93. The van der Waals surface area contributed by atoms with Crippen LogP contribution in [0.4, 0.5) is 0 Å². The molecule has 4 heteroatoms. The fraction of sp³-hybridized carbons (Fsp3) is 0.630. The molecule has 0 aromatic heterocycles. The van der Waals surface area contributed by atoms with E-state index in [2.05, 4.69) is 13.8 Å². The number of benzene rings is 1. The minimum Gasteiger partial charge on any atom is -0.300 e. The number of rotatable bonds is 11. The van der Waals surface area contributed by atoms with Gasteiger partial charge in [-0.2, -0.15) is 0 Å². The number of hydrogen-bond acceptors (Lipinski definition) is 4. The molecule has 0 saturated heterocycles. The summed E-state index contributed by atoms with van der Waals surface area (Å²) in [6.45, 7) is 11.1. The molecule has 1 aromatic rings. The Hall–Kier alpha value is -2.10. The van der Waals surface area contributed by atoms with E-state index in [0.29, 0.717) is 12.0 Å². The highest BCUT2D eigenvalue weighted by atomic mass is 16.1. The number of carbonyl (C=O) groups excluding carboxylic acids is 4. The molecule has 31 heavy (non-hydrogen) atoms. The first-order chi connectivity index (χ1) is 14.6. The van der Waals surface area contributed by atoms with Gasteiger partial charge in [0, 0.05) is 23.5 Å². The zero-order valence-electron chi connectivity index (χ0n) is 20.1. The summed E-state index contributed by atoms with van der Waals surface area (Å²) in [5, 5.41) is 0. The molecular formula is C27H38O4. The molecule has 0 fully saturated rings. The molecule has 0 spiro atoms. The van der Waals surface area contributed by atoms with Crippen LogP contribution in [0.5, 0.6) is 0 Å². The second-order valence-corrected chi connectivity index (χ2v) is 9.31. The molecule has 1 aromatic carbocycles. The van der Waals surface area contributed by atoms with Gasteiger partial charge >= 0.3 is 0 Å². The third kappa shape index (κ3) is 5.78.